The predicted molar refractivity (Wildman–Crippen MR) is 95.8 cm³/mol. The van der Waals surface area contributed by atoms with E-state index in [2.05, 4.69) is 10.3 Å². The third-order valence-electron chi connectivity index (χ3n) is 5.30. The van der Waals surface area contributed by atoms with Gasteiger partial charge in [0.2, 0.25) is 10.0 Å². The number of sulfonamides is 1. The Morgan fingerprint density at radius 2 is 1.85 bits per heavy atom. The van der Waals surface area contributed by atoms with Crippen LogP contribution in [0.3, 0.4) is 0 Å². The molecule has 0 bridgehead atoms. The Hall–Kier alpha value is -2.20. The summed E-state index contributed by atoms with van der Waals surface area (Å²) in [5.41, 5.74) is 2.01. The number of hydrogen-bond donors (Lipinski definition) is 0. The average molecular weight is 393 g/mol. The SMILES string of the molecule is Cc1noc(C)c1S(=O)(=O)N1CCN(C(=O)c2cnn3c2CCCC3)CC1. The number of aromatic nitrogens is 3. The van der Waals surface area contributed by atoms with Crippen molar-refractivity contribution in [3.63, 3.8) is 0 Å². The first-order valence-electron chi connectivity index (χ1n) is 9.16. The van der Waals surface area contributed by atoms with E-state index in [-0.39, 0.29) is 29.7 Å². The van der Waals surface area contributed by atoms with Crippen molar-refractivity contribution >= 4 is 15.9 Å². The molecule has 0 radical (unpaired) electrons. The Morgan fingerprint density at radius 1 is 1.11 bits per heavy atom. The van der Waals surface area contributed by atoms with Crippen LogP contribution in [0.4, 0.5) is 0 Å². The molecule has 4 heterocycles. The van der Waals surface area contributed by atoms with Gasteiger partial charge >= 0.3 is 0 Å². The van der Waals surface area contributed by atoms with Crippen molar-refractivity contribution in [3.05, 3.63) is 28.9 Å². The highest BCUT2D eigenvalue weighted by Crippen LogP contribution is 2.25. The molecule has 0 spiro atoms. The zero-order chi connectivity index (χ0) is 19.2. The van der Waals surface area contributed by atoms with Crippen LogP contribution in [-0.2, 0) is 23.0 Å². The maximum Gasteiger partial charge on any atom is 0.257 e. The van der Waals surface area contributed by atoms with Crippen molar-refractivity contribution in [2.45, 2.75) is 44.6 Å². The van der Waals surface area contributed by atoms with E-state index in [0.29, 0.717) is 24.3 Å². The van der Waals surface area contributed by atoms with Crippen molar-refractivity contribution in [1.29, 1.82) is 0 Å². The molecule has 0 aromatic carbocycles. The third-order valence-corrected chi connectivity index (χ3v) is 7.45. The molecule has 1 saturated heterocycles. The Morgan fingerprint density at radius 3 is 2.52 bits per heavy atom. The number of carbonyl (C=O) groups excluding carboxylic acids is 1. The van der Waals surface area contributed by atoms with E-state index in [0.717, 1.165) is 31.5 Å². The molecule has 10 heteroatoms. The first-order chi connectivity index (χ1) is 12.9. The number of nitrogens with zero attached hydrogens (tertiary/aromatic N) is 5. The minimum Gasteiger partial charge on any atom is -0.360 e. The molecule has 2 aliphatic rings. The summed E-state index contributed by atoms with van der Waals surface area (Å²) < 4.78 is 34.1. The Bertz CT molecular complexity index is 950. The Labute approximate surface area is 158 Å². The van der Waals surface area contributed by atoms with Crippen molar-refractivity contribution < 1.29 is 17.7 Å². The number of aryl methyl sites for hydroxylation is 3. The van der Waals surface area contributed by atoms with Crippen molar-refractivity contribution in [3.8, 4) is 0 Å². The minimum atomic E-state index is -3.67. The van der Waals surface area contributed by atoms with Gasteiger partial charge in [0.05, 0.1) is 17.5 Å². The third kappa shape index (κ3) is 3.06. The summed E-state index contributed by atoms with van der Waals surface area (Å²) in [6.07, 6.45) is 4.66. The fourth-order valence-electron chi connectivity index (χ4n) is 3.87. The van der Waals surface area contributed by atoms with Crippen molar-refractivity contribution in [2.24, 2.45) is 0 Å². The second kappa shape index (κ2) is 6.75. The Balaban J connectivity index is 1.48. The molecule has 2 aliphatic heterocycles. The highest BCUT2D eigenvalue weighted by molar-refractivity contribution is 7.89. The smallest absolute Gasteiger partial charge is 0.257 e. The lowest BCUT2D eigenvalue weighted by Crippen LogP contribution is -2.50. The van der Waals surface area contributed by atoms with Crippen LogP contribution >= 0.6 is 0 Å². The molecule has 27 heavy (non-hydrogen) atoms. The zero-order valence-electron chi connectivity index (χ0n) is 15.5. The number of fused-ring (bicyclic) bond motifs is 1. The highest BCUT2D eigenvalue weighted by atomic mass is 32.2. The second-order valence-corrected chi connectivity index (χ2v) is 8.91. The summed E-state index contributed by atoms with van der Waals surface area (Å²) in [5.74, 6) is 0.227. The monoisotopic (exact) mass is 393 g/mol. The minimum absolute atomic E-state index is 0.0625. The molecular weight excluding hydrogens is 370 g/mol. The van der Waals surface area contributed by atoms with Gasteiger partial charge in [0.15, 0.2) is 5.76 Å². The molecule has 0 N–H and O–H groups in total. The number of hydrogen-bond acceptors (Lipinski definition) is 6. The van der Waals surface area contributed by atoms with Crippen LogP contribution in [0, 0.1) is 13.8 Å². The second-order valence-electron chi connectivity index (χ2n) is 7.03. The molecule has 9 nitrogen and oxygen atoms in total. The van der Waals surface area contributed by atoms with Gasteiger partial charge in [0.25, 0.3) is 5.91 Å². The maximum absolute atomic E-state index is 12.9. The molecule has 0 unspecified atom stereocenters. The van der Waals surface area contributed by atoms with Crippen LogP contribution < -0.4 is 0 Å². The summed E-state index contributed by atoms with van der Waals surface area (Å²) in [6.45, 7) is 5.27. The van der Waals surface area contributed by atoms with Crippen LogP contribution in [0.15, 0.2) is 15.6 Å². The van der Waals surface area contributed by atoms with Gasteiger partial charge in [-0.25, -0.2) is 8.42 Å². The predicted octanol–water partition coefficient (Wildman–Crippen LogP) is 0.971. The van der Waals surface area contributed by atoms with Gasteiger partial charge in [-0.1, -0.05) is 5.16 Å². The fraction of sp³-hybridized carbons (Fsp3) is 0.588. The molecule has 2 aromatic rings. The van der Waals surface area contributed by atoms with Crippen molar-refractivity contribution in [2.75, 3.05) is 26.2 Å². The van der Waals surface area contributed by atoms with Crippen LogP contribution in [0.5, 0.6) is 0 Å². The number of carbonyl (C=O) groups is 1. The first-order valence-corrected chi connectivity index (χ1v) is 10.6. The van der Waals surface area contributed by atoms with E-state index in [1.165, 1.54) is 4.31 Å². The quantitative estimate of drug-likeness (QED) is 0.770. The largest absolute Gasteiger partial charge is 0.360 e. The van der Waals surface area contributed by atoms with Gasteiger partial charge in [0.1, 0.15) is 10.6 Å². The lowest BCUT2D eigenvalue weighted by molar-refractivity contribution is 0.0696. The van der Waals surface area contributed by atoms with E-state index in [4.69, 9.17) is 4.52 Å². The Kier molecular flexibility index (Phi) is 4.55. The normalized spacial score (nSPS) is 18.5. The van der Waals surface area contributed by atoms with E-state index in [1.54, 1.807) is 24.9 Å². The summed E-state index contributed by atoms with van der Waals surface area (Å²) in [5, 5.41) is 8.07. The summed E-state index contributed by atoms with van der Waals surface area (Å²) in [4.78, 5) is 14.8. The van der Waals surface area contributed by atoms with E-state index in [1.807, 2.05) is 4.68 Å². The molecule has 146 valence electrons. The van der Waals surface area contributed by atoms with Gasteiger partial charge in [-0.2, -0.15) is 9.40 Å². The van der Waals surface area contributed by atoms with Crippen LogP contribution in [0.2, 0.25) is 0 Å². The standard InChI is InChI=1S/C17H23N5O4S/c1-12-16(13(2)26-19-12)27(24,25)21-9-7-20(8-10-21)17(23)14-11-18-22-6-4-3-5-15(14)22/h11H,3-10H2,1-2H3. The van der Waals surface area contributed by atoms with E-state index < -0.39 is 10.0 Å². The van der Waals surface area contributed by atoms with Crippen molar-refractivity contribution in [1.82, 2.24) is 24.1 Å². The summed E-state index contributed by atoms with van der Waals surface area (Å²) in [7, 11) is -3.67. The molecule has 0 atom stereocenters. The lowest BCUT2D eigenvalue weighted by atomic mass is 10.1. The van der Waals surface area contributed by atoms with Crippen LogP contribution in [-0.4, -0.2) is 64.6 Å². The lowest BCUT2D eigenvalue weighted by Gasteiger charge is -2.34. The molecule has 0 aliphatic carbocycles. The fourth-order valence-corrected chi connectivity index (χ4v) is 5.59. The van der Waals surface area contributed by atoms with Crippen LogP contribution in [0.25, 0.3) is 0 Å². The van der Waals surface area contributed by atoms with E-state index >= 15 is 0 Å². The topological polar surface area (TPSA) is 102 Å². The van der Waals surface area contributed by atoms with Crippen LogP contribution in [0.1, 0.15) is 40.3 Å². The van der Waals surface area contributed by atoms with Gasteiger partial charge in [-0.15, -0.1) is 0 Å². The molecule has 0 saturated carbocycles. The molecule has 1 fully saturated rings. The highest BCUT2D eigenvalue weighted by Gasteiger charge is 2.35. The average Bonchev–Trinajstić information content (AvgIpc) is 3.24. The number of piperazine rings is 1. The maximum atomic E-state index is 12.9. The number of rotatable bonds is 3. The van der Waals surface area contributed by atoms with Gasteiger partial charge in [-0.3, -0.25) is 9.48 Å². The molecule has 1 amide bonds. The van der Waals surface area contributed by atoms with Gasteiger partial charge in [-0.05, 0) is 33.1 Å². The summed E-state index contributed by atoms with van der Waals surface area (Å²) in [6, 6.07) is 0. The number of amides is 1. The summed E-state index contributed by atoms with van der Waals surface area (Å²) >= 11 is 0. The van der Waals surface area contributed by atoms with E-state index in [9.17, 15) is 13.2 Å². The first kappa shape index (κ1) is 18.2. The van der Waals surface area contributed by atoms with Gasteiger partial charge in [0, 0.05) is 32.7 Å². The van der Waals surface area contributed by atoms with Gasteiger partial charge < -0.3 is 9.42 Å². The molecular formula is C17H23N5O4S. The molecule has 4 rings (SSSR count). The zero-order valence-corrected chi connectivity index (χ0v) is 16.3. The molecule has 2 aromatic heterocycles.